The molecule has 1 aliphatic heterocycles. The number of hydrogen-bond donors (Lipinski definition) is 0. The van der Waals surface area contributed by atoms with E-state index >= 15 is 0 Å². The molecular formula is C17H21BrN4O. The highest BCUT2D eigenvalue weighted by molar-refractivity contribution is 9.10. The molecule has 0 bridgehead atoms. The van der Waals surface area contributed by atoms with Crippen molar-refractivity contribution in [3.8, 4) is 0 Å². The summed E-state index contributed by atoms with van der Waals surface area (Å²) in [6.45, 7) is 1.85. The van der Waals surface area contributed by atoms with Crippen LogP contribution in [0.2, 0.25) is 0 Å². The van der Waals surface area contributed by atoms with E-state index in [1.165, 1.54) is 10.4 Å². The van der Waals surface area contributed by atoms with Crippen LogP contribution in [0.3, 0.4) is 0 Å². The SMILES string of the molecule is CN(c1ccccc1)C1CCN(c2cnn(C)c(=O)c2Br)CC1. The van der Waals surface area contributed by atoms with Crippen molar-refractivity contribution in [2.75, 3.05) is 29.9 Å². The molecule has 23 heavy (non-hydrogen) atoms. The predicted molar refractivity (Wildman–Crippen MR) is 97.3 cm³/mol. The molecule has 3 rings (SSSR count). The number of nitrogens with zero attached hydrogens (tertiary/aromatic N) is 4. The van der Waals surface area contributed by atoms with Crippen LogP contribution < -0.4 is 15.4 Å². The molecule has 1 aromatic heterocycles. The smallest absolute Gasteiger partial charge is 0.282 e. The second kappa shape index (κ2) is 6.74. The van der Waals surface area contributed by atoms with Crippen molar-refractivity contribution in [1.29, 1.82) is 0 Å². The zero-order valence-corrected chi connectivity index (χ0v) is 15.0. The van der Waals surface area contributed by atoms with Crippen molar-refractivity contribution < 1.29 is 0 Å². The van der Waals surface area contributed by atoms with Gasteiger partial charge in [-0.1, -0.05) is 18.2 Å². The molecule has 1 fully saturated rings. The van der Waals surface area contributed by atoms with Gasteiger partial charge in [0, 0.05) is 38.9 Å². The molecule has 5 nitrogen and oxygen atoms in total. The third-order valence-corrected chi connectivity index (χ3v) is 5.32. The van der Waals surface area contributed by atoms with Crippen LogP contribution in [-0.2, 0) is 7.05 Å². The number of aryl methyl sites for hydroxylation is 1. The van der Waals surface area contributed by atoms with E-state index in [0.717, 1.165) is 31.6 Å². The first-order chi connectivity index (χ1) is 11.1. The van der Waals surface area contributed by atoms with Crippen molar-refractivity contribution in [2.45, 2.75) is 18.9 Å². The van der Waals surface area contributed by atoms with Crippen molar-refractivity contribution in [3.05, 3.63) is 51.4 Å². The lowest BCUT2D eigenvalue weighted by atomic mass is 10.0. The zero-order chi connectivity index (χ0) is 16.4. The molecule has 0 radical (unpaired) electrons. The maximum absolute atomic E-state index is 12.0. The van der Waals surface area contributed by atoms with Gasteiger partial charge in [-0.25, -0.2) is 4.68 Å². The largest absolute Gasteiger partial charge is 0.371 e. The highest BCUT2D eigenvalue weighted by Gasteiger charge is 2.24. The summed E-state index contributed by atoms with van der Waals surface area (Å²) >= 11 is 3.42. The number of halogens is 1. The Labute approximate surface area is 144 Å². The van der Waals surface area contributed by atoms with E-state index in [2.05, 4.69) is 62.1 Å². The Balaban J connectivity index is 1.69. The summed E-state index contributed by atoms with van der Waals surface area (Å²) in [7, 11) is 3.82. The van der Waals surface area contributed by atoms with Crippen LogP contribution in [-0.4, -0.2) is 36.0 Å². The van der Waals surface area contributed by atoms with Crippen LogP contribution in [0.15, 0.2) is 45.8 Å². The van der Waals surface area contributed by atoms with Crippen LogP contribution in [0.1, 0.15) is 12.8 Å². The molecule has 0 spiro atoms. The molecule has 1 aliphatic rings. The molecule has 0 amide bonds. The molecule has 1 saturated heterocycles. The van der Waals surface area contributed by atoms with Crippen molar-refractivity contribution >= 4 is 27.3 Å². The summed E-state index contributed by atoms with van der Waals surface area (Å²) in [6.07, 6.45) is 3.90. The van der Waals surface area contributed by atoms with Gasteiger partial charge in [-0.05, 0) is 40.9 Å². The van der Waals surface area contributed by atoms with Crippen molar-refractivity contribution in [2.24, 2.45) is 7.05 Å². The quantitative estimate of drug-likeness (QED) is 0.825. The van der Waals surface area contributed by atoms with Gasteiger partial charge in [-0.15, -0.1) is 0 Å². The van der Waals surface area contributed by atoms with Gasteiger partial charge in [-0.3, -0.25) is 4.79 Å². The Morgan fingerprint density at radius 1 is 1.22 bits per heavy atom. The molecule has 2 heterocycles. The molecule has 0 unspecified atom stereocenters. The number of aromatic nitrogens is 2. The van der Waals surface area contributed by atoms with E-state index < -0.39 is 0 Å². The van der Waals surface area contributed by atoms with Crippen molar-refractivity contribution in [1.82, 2.24) is 9.78 Å². The molecule has 0 aliphatic carbocycles. The number of hydrogen-bond acceptors (Lipinski definition) is 4. The summed E-state index contributed by atoms with van der Waals surface area (Å²) in [5.41, 5.74) is 2.06. The lowest BCUT2D eigenvalue weighted by molar-refractivity contribution is 0.481. The minimum Gasteiger partial charge on any atom is -0.371 e. The van der Waals surface area contributed by atoms with Crippen LogP contribution in [0.4, 0.5) is 11.4 Å². The summed E-state index contributed by atoms with van der Waals surface area (Å²) < 4.78 is 1.95. The second-order valence-corrected chi connectivity index (χ2v) is 6.73. The van der Waals surface area contributed by atoms with Gasteiger partial charge in [0.1, 0.15) is 4.47 Å². The Bertz CT molecular complexity index is 723. The summed E-state index contributed by atoms with van der Waals surface area (Å²) in [6, 6.07) is 11.0. The van der Waals surface area contributed by atoms with E-state index in [9.17, 15) is 4.79 Å². The first-order valence-electron chi connectivity index (χ1n) is 7.82. The molecular weight excluding hydrogens is 356 g/mol. The molecule has 1 aromatic carbocycles. The van der Waals surface area contributed by atoms with Crippen LogP contribution >= 0.6 is 15.9 Å². The molecule has 0 N–H and O–H groups in total. The van der Waals surface area contributed by atoms with Gasteiger partial charge in [0.2, 0.25) is 0 Å². The monoisotopic (exact) mass is 376 g/mol. The fourth-order valence-corrected chi connectivity index (χ4v) is 3.70. The third-order valence-electron chi connectivity index (χ3n) is 4.58. The highest BCUT2D eigenvalue weighted by atomic mass is 79.9. The zero-order valence-electron chi connectivity index (χ0n) is 13.4. The number of rotatable bonds is 3. The molecule has 6 heteroatoms. The minimum absolute atomic E-state index is 0.0916. The van der Waals surface area contributed by atoms with Crippen LogP contribution in [0.5, 0.6) is 0 Å². The standard InChI is InChI=1S/C17H21BrN4O/c1-20(13-6-4-3-5-7-13)14-8-10-22(11-9-14)15-12-19-21(2)17(23)16(15)18/h3-7,12,14H,8-11H2,1-2H3. The van der Waals surface area contributed by atoms with Gasteiger partial charge < -0.3 is 9.80 Å². The number of benzene rings is 1. The van der Waals surface area contributed by atoms with Gasteiger partial charge in [0.25, 0.3) is 5.56 Å². The Morgan fingerprint density at radius 3 is 2.52 bits per heavy atom. The fourth-order valence-electron chi connectivity index (χ4n) is 3.09. The topological polar surface area (TPSA) is 41.4 Å². The van der Waals surface area contributed by atoms with E-state index in [-0.39, 0.29) is 5.56 Å². The van der Waals surface area contributed by atoms with E-state index in [0.29, 0.717) is 10.5 Å². The first kappa shape index (κ1) is 16.1. The molecule has 122 valence electrons. The predicted octanol–water partition coefficient (Wildman–Crippen LogP) is 2.65. The van der Waals surface area contributed by atoms with Gasteiger partial charge in [0.05, 0.1) is 11.9 Å². The Morgan fingerprint density at radius 2 is 1.87 bits per heavy atom. The average Bonchev–Trinajstić information content (AvgIpc) is 2.60. The van der Waals surface area contributed by atoms with Crippen molar-refractivity contribution in [3.63, 3.8) is 0 Å². The lowest BCUT2D eigenvalue weighted by Crippen LogP contribution is -2.44. The fraction of sp³-hybridized carbons (Fsp3) is 0.412. The van der Waals surface area contributed by atoms with E-state index in [4.69, 9.17) is 0 Å². The average molecular weight is 377 g/mol. The minimum atomic E-state index is -0.0916. The second-order valence-electron chi connectivity index (χ2n) is 5.94. The summed E-state index contributed by atoms with van der Waals surface area (Å²) in [5.74, 6) is 0. The molecule has 0 atom stereocenters. The number of anilines is 2. The van der Waals surface area contributed by atoms with Gasteiger partial charge >= 0.3 is 0 Å². The maximum atomic E-state index is 12.0. The highest BCUT2D eigenvalue weighted by Crippen LogP contribution is 2.27. The maximum Gasteiger partial charge on any atom is 0.282 e. The molecule has 2 aromatic rings. The molecule has 0 saturated carbocycles. The number of para-hydroxylation sites is 1. The Kier molecular flexibility index (Phi) is 4.71. The summed E-state index contributed by atoms with van der Waals surface area (Å²) in [4.78, 5) is 16.6. The van der Waals surface area contributed by atoms with Gasteiger partial charge in [-0.2, -0.15) is 5.10 Å². The van der Waals surface area contributed by atoms with E-state index in [1.807, 2.05) is 6.07 Å². The first-order valence-corrected chi connectivity index (χ1v) is 8.62. The third kappa shape index (κ3) is 3.27. The Hall–Kier alpha value is -1.82. The van der Waals surface area contributed by atoms with E-state index in [1.54, 1.807) is 13.2 Å². The normalized spacial score (nSPS) is 15.7. The van der Waals surface area contributed by atoms with Crippen LogP contribution in [0.25, 0.3) is 0 Å². The number of piperidine rings is 1. The van der Waals surface area contributed by atoms with Gasteiger partial charge in [0.15, 0.2) is 0 Å². The van der Waals surface area contributed by atoms with Crippen LogP contribution in [0, 0.1) is 0 Å². The summed E-state index contributed by atoms with van der Waals surface area (Å²) in [5, 5.41) is 4.14. The lowest BCUT2D eigenvalue weighted by Gasteiger charge is -2.38.